The summed E-state index contributed by atoms with van der Waals surface area (Å²) < 4.78 is 6.41. The summed E-state index contributed by atoms with van der Waals surface area (Å²) in [6, 6.07) is 5.54. The highest BCUT2D eigenvalue weighted by molar-refractivity contribution is 9.10. The molecule has 0 saturated carbocycles. The number of halogens is 1. The number of likely N-dealkylation sites (N-methyl/N-ethyl adjacent to an activating group) is 1. The number of nitrogens with two attached hydrogens (primary N) is 1. The molecule has 5 heteroatoms. The maximum absolute atomic E-state index is 11.7. The Kier molecular flexibility index (Phi) is 2.67. The maximum Gasteiger partial charge on any atom is 0.269 e. The van der Waals surface area contributed by atoms with Crippen LogP contribution < -0.4 is 15.4 Å². The molecule has 0 spiro atoms. The average molecular weight is 271 g/mol. The van der Waals surface area contributed by atoms with Crippen LogP contribution in [-0.4, -0.2) is 25.6 Å². The van der Waals surface area contributed by atoms with Crippen molar-refractivity contribution >= 4 is 27.5 Å². The first-order valence-corrected chi connectivity index (χ1v) is 5.36. The van der Waals surface area contributed by atoms with Gasteiger partial charge in [-0.2, -0.15) is 0 Å². The molecular weight excluding hydrogens is 260 g/mol. The van der Waals surface area contributed by atoms with Crippen LogP contribution in [0.25, 0.3) is 0 Å². The van der Waals surface area contributed by atoms with Crippen molar-refractivity contribution in [3.63, 3.8) is 0 Å². The van der Waals surface area contributed by atoms with E-state index < -0.39 is 6.10 Å². The van der Waals surface area contributed by atoms with E-state index >= 15 is 0 Å². The first kappa shape index (κ1) is 10.4. The van der Waals surface area contributed by atoms with Gasteiger partial charge in [0.15, 0.2) is 6.10 Å². The number of rotatable bonds is 1. The Morgan fingerprint density at radius 2 is 2.33 bits per heavy atom. The molecule has 1 unspecified atom stereocenters. The van der Waals surface area contributed by atoms with Crippen molar-refractivity contribution in [2.45, 2.75) is 6.10 Å². The van der Waals surface area contributed by atoms with Gasteiger partial charge in [-0.1, -0.05) is 15.9 Å². The molecule has 80 valence electrons. The molecule has 0 bridgehead atoms. The molecule has 1 aromatic rings. The average Bonchev–Trinajstić information content (AvgIpc) is 2.23. The highest BCUT2D eigenvalue weighted by atomic mass is 79.9. The number of anilines is 1. The monoisotopic (exact) mass is 270 g/mol. The largest absolute Gasteiger partial charge is 0.477 e. The number of hydrogen-bond acceptors (Lipinski definition) is 3. The van der Waals surface area contributed by atoms with E-state index in [2.05, 4.69) is 15.9 Å². The van der Waals surface area contributed by atoms with Gasteiger partial charge >= 0.3 is 0 Å². The van der Waals surface area contributed by atoms with Gasteiger partial charge < -0.3 is 15.4 Å². The molecule has 2 rings (SSSR count). The number of carbonyl (C=O) groups excluding carboxylic acids is 1. The highest BCUT2D eigenvalue weighted by Gasteiger charge is 2.30. The van der Waals surface area contributed by atoms with Crippen molar-refractivity contribution in [2.24, 2.45) is 5.73 Å². The third-order valence-corrected chi connectivity index (χ3v) is 2.87. The standard InChI is InChI=1S/C10H11BrN2O2/c1-13-7-3-2-6(11)4-8(7)15-9(5-12)10(13)14/h2-4,9H,5,12H2,1H3. The van der Waals surface area contributed by atoms with E-state index in [1.807, 2.05) is 18.2 Å². The lowest BCUT2D eigenvalue weighted by molar-refractivity contribution is -0.125. The number of fused-ring (bicyclic) bond motifs is 1. The molecule has 0 aromatic heterocycles. The van der Waals surface area contributed by atoms with Gasteiger partial charge in [-0.05, 0) is 18.2 Å². The van der Waals surface area contributed by atoms with E-state index in [9.17, 15) is 4.79 Å². The van der Waals surface area contributed by atoms with E-state index in [0.29, 0.717) is 5.75 Å². The Balaban J connectivity index is 2.45. The van der Waals surface area contributed by atoms with E-state index in [0.717, 1.165) is 10.2 Å². The van der Waals surface area contributed by atoms with Gasteiger partial charge in [-0.3, -0.25) is 4.79 Å². The molecule has 0 saturated heterocycles. The molecule has 1 amide bonds. The summed E-state index contributed by atoms with van der Waals surface area (Å²) in [7, 11) is 1.72. The minimum atomic E-state index is -0.572. The van der Waals surface area contributed by atoms with Crippen molar-refractivity contribution < 1.29 is 9.53 Å². The minimum Gasteiger partial charge on any atom is -0.477 e. The van der Waals surface area contributed by atoms with Crippen LogP contribution in [0.4, 0.5) is 5.69 Å². The second-order valence-electron chi connectivity index (χ2n) is 3.35. The van der Waals surface area contributed by atoms with Gasteiger partial charge in [0, 0.05) is 18.1 Å². The smallest absolute Gasteiger partial charge is 0.269 e. The zero-order valence-electron chi connectivity index (χ0n) is 8.24. The molecule has 1 aliphatic heterocycles. The molecule has 2 N–H and O–H groups in total. The molecule has 1 atom stereocenters. The summed E-state index contributed by atoms with van der Waals surface area (Å²) in [6.07, 6.45) is -0.572. The molecule has 0 radical (unpaired) electrons. The lowest BCUT2D eigenvalue weighted by atomic mass is 10.2. The van der Waals surface area contributed by atoms with Gasteiger partial charge in [-0.15, -0.1) is 0 Å². The van der Waals surface area contributed by atoms with Gasteiger partial charge in [-0.25, -0.2) is 0 Å². The predicted octanol–water partition coefficient (Wildman–Crippen LogP) is 1.13. The third kappa shape index (κ3) is 1.72. The summed E-state index contributed by atoms with van der Waals surface area (Å²) >= 11 is 3.35. The van der Waals surface area contributed by atoms with Crippen LogP contribution >= 0.6 is 15.9 Å². The van der Waals surface area contributed by atoms with Crippen LogP contribution in [0.1, 0.15) is 0 Å². The first-order valence-electron chi connectivity index (χ1n) is 4.57. The second kappa shape index (κ2) is 3.83. The predicted molar refractivity (Wildman–Crippen MR) is 61.0 cm³/mol. The molecule has 4 nitrogen and oxygen atoms in total. The summed E-state index contributed by atoms with van der Waals surface area (Å²) in [5.74, 6) is 0.578. The fraction of sp³-hybridized carbons (Fsp3) is 0.300. The number of nitrogens with zero attached hydrogens (tertiary/aromatic N) is 1. The number of benzene rings is 1. The lowest BCUT2D eigenvalue weighted by Gasteiger charge is -2.31. The number of ether oxygens (including phenoxy) is 1. The molecule has 15 heavy (non-hydrogen) atoms. The molecule has 0 fully saturated rings. The van der Waals surface area contributed by atoms with Crippen molar-refractivity contribution in [3.05, 3.63) is 22.7 Å². The lowest BCUT2D eigenvalue weighted by Crippen LogP contribution is -2.47. The van der Waals surface area contributed by atoms with Crippen LogP contribution in [-0.2, 0) is 4.79 Å². The minimum absolute atomic E-state index is 0.104. The Bertz CT molecular complexity index is 408. The fourth-order valence-corrected chi connectivity index (χ4v) is 1.89. The van der Waals surface area contributed by atoms with Crippen LogP contribution in [0.2, 0.25) is 0 Å². The Labute approximate surface area is 96.1 Å². The SMILES string of the molecule is CN1C(=O)C(CN)Oc2cc(Br)ccc21. The highest BCUT2D eigenvalue weighted by Crippen LogP contribution is 2.35. The van der Waals surface area contributed by atoms with Crippen LogP contribution in [0, 0.1) is 0 Å². The number of carbonyl (C=O) groups is 1. The summed E-state index contributed by atoms with van der Waals surface area (Å²) in [4.78, 5) is 13.3. The van der Waals surface area contributed by atoms with Gasteiger partial charge in [0.2, 0.25) is 0 Å². The van der Waals surface area contributed by atoms with Crippen LogP contribution in [0.3, 0.4) is 0 Å². The summed E-state index contributed by atoms with van der Waals surface area (Å²) in [5, 5.41) is 0. The normalized spacial score (nSPS) is 19.8. The summed E-state index contributed by atoms with van der Waals surface area (Å²) in [6.45, 7) is 0.190. The quantitative estimate of drug-likeness (QED) is 0.833. The summed E-state index contributed by atoms with van der Waals surface area (Å²) in [5.41, 5.74) is 6.24. The van der Waals surface area contributed by atoms with Gasteiger partial charge in [0.05, 0.1) is 5.69 Å². The molecule has 1 aromatic carbocycles. The van der Waals surface area contributed by atoms with E-state index in [1.165, 1.54) is 0 Å². The van der Waals surface area contributed by atoms with Crippen molar-refractivity contribution in [2.75, 3.05) is 18.5 Å². The second-order valence-corrected chi connectivity index (χ2v) is 4.27. The molecule has 1 aliphatic rings. The van der Waals surface area contributed by atoms with Crippen molar-refractivity contribution in [1.82, 2.24) is 0 Å². The van der Waals surface area contributed by atoms with Gasteiger partial charge in [0.25, 0.3) is 5.91 Å². The van der Waals surface area contributed by atoms with E-state index in [1.54, 1.807) is 11.9 Å². The molecule has 1 heterocycles. The maximum atomic E-state index is 11.7. The molecular formula is C10H11BrN2O2. The fourth-order valence-electron chi connectivity index (χ4n) is 1.55. The number of amides is 1. The Hall–Kier alpha value is -1.07. The zero-order valence-corrected chi connectivity index (χ0v) is 9.82. The van der Waals surface area contributed by atoms with Crippen LogP contribution in [0.15, 0.2) is 22.7 Å². The van der Waals surface area contributed by atoms with Crippen LogP contribution in [0.5, 0.6) is 5.75 Å². The Morgan fingerprint density at radius 3 is 3.00 bits per heavy atom. The van der Waals surface area contributed by atoms with E-state index in [4.69, 9.17) is 10.5 Å². The van der Waals surface area contributed by atoms with E-state index in [-0.39, 0.29) is 12.5 Å². The Morgan fingerprint density at radius 1 is 1.60 bits per heavy atom. The third-order valence-electron chi connectivity index (χ3n) is 2.37. The van der Waals surface area contributed by atoms with Crippen molar-refractivity contribution in [3.8, 4) is 5.75 Å². The zero-order chi connectivity index (χ0) is 11.0. The van der Waals surface area contributed by atoms with Gasteiger partial charge in [0.1, 0.15) is 5.75 Å². The molecule has 0 aliphatic carbocycles. The topological polar surface area (TPSA) is 55.6 Å². The number of hydrogen-bond donors (Lipinski definition) is 1. The van der Waals surface area contributed by atoms with Crippen molar-refractivity contribution in [1.29, 1.82) is 0 Å². The first-order chi connectivity index (χ1) is 7.13.